The van der Waals surface area contributed by atoms with Gasteiger partial charge in [-0.3, -0.25) is 0 Å². The quantitative estimate of drug-likeness (QED) is 0.702. The van der Waals surface area contributed by atoms with Crippen LogP contribution in [0, 0.1) is 13.8 Å². The average Bonchev–Trinajstić information content (AvgIpc) is 2.26. The van der Waals surface area contributed by atoms with Crippen LogP contribution in [0.25, 0.3) is 0 Å². The Balaban J connectivity index is 2.54. The second-order valence-corrected chi connectivity index (χ2v) is 5.18. The third-order valence-corrected chi connectivity index (χ3v) is 3.33. The van der Waals surface area contributed by atoms with Crippen molar-refractivity contribution in [1.29, 1.82) is 0 Å². The summed E-state index contributed by atoms with van der Waals surface area (Å²) in [5.74, 6) is 0. The lowest BCUT2D eigenvalue weighted by atomic mass is 9.98. The number of likely N-dealkylation sites (N-methyl/N-ethyl adjacent to an activating group) is 1. The van der Waals surface area contributed by atoms with Crippen molar-refractivity contribution in [3.8, 4) is 0 Å². The SMILES string of the molecule is CCCCCC(Cc1cc(C)cc(C)c1)NC. The van der Waals surface area contributed by atoms with Gasteiger partial charge in [0.2, 0.25) is 0 Å². The van der Waals surface area contributed by atoms with E-state index in [1.165, 1.54) is 42.4 Å². The van der Waals surface area contributed by atoms with E-state index in [4.69, 9.17) is 0 Å². The minimum atomic E-state index is 0.628. The standard InChI is InChI=1S/C16H27N/c1-5-6-7-8-16(17-4)12-15-10-13(2)9-14(3)11-15/h9-11,16-17H,5-8,12H2,1-4H3. The van der Waals surface area contributed by atoms with Crippen molar-refractivity contribution < 1.29 is 0 Å². The van der Waals surface area contributed by atoms with Gasteiger partial charge in [-0.25, -0.2) is 0 Å². The lowest BCUT2D eigenvalue weighted by Gasteiger charge is -2.16. The van der Waals surface area contributed by atoms with Gasteiger partial charge in [-0.05, 0) is 39.3 Å². The summed E-state index contributed by atoms with van der Waals surface area (Å²) in [6, 6.07) is 7.51. The first-order valence-electron chi connectivity index (χ1n) is 6.90. The third-order valence-electron chi connectivity index (χ3n) is 3.33. The monoisotopic (exact) mass is 233 g/mol. The predicted octanol–water partition coefficient (Wildman–Crippen LogP) is 4.01. The summed E-state index contributed by atoms with van der Waals surface area (Å²) < 4.78 is 0. The van der Waals surface area contributed by atoms with E-state index < -0.39 is 0 Å². The Hall–Kier alpha value is -0.820. The van der Waals surface area contributed by atoms with Crippen molar-refractivity contribution in [2.75, 3.05) is 7.05 Å². The summed E-state index contributed by atoms with van der Waals surface area (Å²) >= 11 is 0. The highest BCUT2D eigenvalue weighted by atomic mass is 14.9. The molecule has 0 aromatic heterocycles. The summed E-state index contributed by atoms with van der Waals surface area (Å²) in [4.78, 5) is 0. The summed E-state index contributed by atoms with van der Waals surface area (Å²) in [5, 5.41) is 3.45. The van der Waals surface area contributed by atoms with Crippen molar-refractivity contribution in [1.82, 2.24) is 5.32 Å². The van der Waals surface area contributed by atoms with Gasteiger partial charge in [0.15, 0.2) is 0 Å². The van der Waals surface area contributed by atoms with Crippen molar-refractivity contribution in [3.63, 3.8) is 0 Å². The van der Waals surface area contributed by atoms with Gasteiger partial charge < -0.3 is 5.32 Å². The van der Waals surface area contributed by atoms with Crippen LogP contribution in [0.5, 0.6) is 0 Å². The molecule has 1 N–H and O–H groups in total. The largest absolute Gasteiger partial charge is 0.317 e. The van der Waals surface area contributed by atoms with Gasteiger partial charge in [-0.15, -0.1) is 0 Å². The number of unbranched alkanes of at least 4 members (excludes halogenated alkanes) is 2. The molecule has 0 fully saturated rings. The van der Waals surface area contributed by atoms with Gasteiger partial charge in [-0.1, -0.05) is 55.5 Å². The van der Waals surface area contributed by atoms with E-state index >= 15 is 0 Å². The zero-order valence-corrected chi connectivity index (χ0v) is 11.8. The van der Waals surface area contributed by atoms with Crippen LogP contribution in [0.4, 0.5) is 0 Å². The van der Waals surface area contributed by atoms with Gasteiger partial charge in [0.1, 0.15) is 0 Å². The molecular weight excluding hydrogens is 206 g/mol. The van der Waals surface area contributed by atoms with Gasteiger partial charge in [0.05, 0.1) is 0 Å². The van der Waals surface area contributed by atoms with Crippen LogP contribution < -0.4 is 5.32 Å². The summed E-state index contributed by atoms with van der Waals surface area (Å²) in [5.41, 5.74) is 4.23. The molecule has 0 spiro atoms. The van der Waals surface area contributed by atoms with Crippen LogP contribution in [-0.2, 0) is 6.42 Å². The van der Waals surface area contributed by atoms with E-state index in [-0.39, 0.29) is 0 Å². The maximum atomic E-state index is 3.45. The molecule has 1 nitrogen and oxygen atoms in total. The van der Waals surface area contributed by atoms with E-state index in [0.717, 1.165) is 6.42 Å². The van der Waals surface area contributed by atoms with Gasteiger partial charge in [-0.2, -0.15) is 0 Å². The van der Waals surface area contributed by atoms with Gasteiger partial charge >= 0.3 is 0 Å². The Labute approximate surface area is 107 Å². The summed E-state index contributed by atoms with van der Waals surface area (Å²) in [6.07, 6.45) is 6.44. The zero-order chi connectivity index (χ0) is 12.7. The minimum absolute atomic E-state index is 0.628. The Morgan fingerprint density at radius 3 is 2.24 bits per heavy atom. The fraction of sp³-hybridized carbons (Fsp3) is 0.625. The predicted molar refractivity (Wildman–Crippen MR) is 76.6 cm³/mol. The van der Waals surface area contributed by atoms with Crippen molar-refractivity contribution in [2.24, 2.45) is 0 Å². The lowest BCUT2D eigenvalue weighted by Crippen LogP contribution is -2.27. The van der Waals surface area contributed by atoms with Crippen molar-refractivity contribution in [3.05, 3.63) is 34.9 Å². The molecule has 0 aliphatic rings. The van der Waals surface area contributed by atoms with E-state index in [0.29, 0.717) is 6.04 Å². The third kappa shape index (κ3) is 5.36. The molecule has 0 aliphatic heterocycles. The fourth-order valence-electron chi connectivity index (χ4n) is 2.46. The highest BCUT2D eigenvalue weighted by molar-refractivity contribution is 5.29. The van der Waals surface area contributed by atoms with E-state index in [9.17, 15) is 0 Å². The van der Waals surface area contributed by atoms with Gasteiger partial charge in [0, 0.05) is 6.04 Å². The second-order valence-electron chi connectivity index (χ2n) is 5.18. The minimum Gasteiger partial charge on any atom is -0.317 e. The van der Waals surface area contributed by atoms with Crippen LogP contribution in [0.15, 0.2) is 18.2 Å². The molecule has 0 radical (unpaired) electrons. The topological polar surface area (TPSA) is 12.0 Å². The maximum absolute atomic E-state index is 3.45. The Morgan fingerprint density at radius 2 is 1.71 bits per heavy atom. The number of benzene rings is 1. The number of nitrogens with one attached hydrogen (secondary N) is 1. The maximum Gasteiger partial charge on any atom is 0.0104 e. The number of hydrogen-bond donors (Lipinski definition) is 1. The summed E-state index contributed by atoms with van der Waals surface area (Å²) in [6.45, 7) is 6.63. The molecule has 17 heavy (non-hydrogen) atoms. The van der Waals surface area contributed by atoms with Gasteiger partial charge in [0.25, 0.3) is 0 Å². The van der Waals surface area contributed by atoms with Crippen LogP contribution in [0.1, 0.15) is 49.3 Å². The molecule has 1 atom stereocenters. The Kier molecular flexibility index (Phi) is 6.28. The molecule has 1 aromatic rings. The summed E-state index contributed by atoms with van der Waals surface area (Å²) in [7, 11) is 2.08. The molecule has 0 heterocycles. The van der Waals surface area contributed by atoms with Crippen molar-refractivity contribution >= 4 is 0 Å². The smallest absolute Gasteiger partial charge is 0.0104 e. The lowest BCUT2D eigenvalue weighted by molar-refractivity contribution is 0.490. The highest BCUT2D eigenvalue weighted by Crippen LogP contribution is 2.13. The average molecular weight is 233 g/mol. The highest BCUT2D eigenvalue weighted by Gasteiger charge is 2.07. The zero-order valence-electron chi connectivity index (χ0n) is 11.8. The van der Waals surface area contributed by atoms with Crippen LogP contribution in [0.2, 0.25) is 0 Å². The molecule has 1 unspecified atom stereocenters. The first-order chi connectivity index (χ1) is 8.15. The van der Waals surface area contributed by atoms with E-state index in [1.54, 1.807) is 0 Å². The molecule has 1 heteroatoms. The Bertz CT molecular complexity index is 310. The molecule has 0 saturated heterocycles. The van der Waals surface area contributed by atoms with E-state index in [2.05, 4.69) is 51.3 Å². The normalized spacial score (nSPS) is 12.7. The Morgan fingerprint density at radius 1 is 1.06 bits per heavy atom. The van der Waals surface area contributed by atoms with Crippen LogP contribution in [0.3, 0.4) is 0 Å². The molecule has 96 valence electrons. The van der Waals surface area contributed by atoms with Crippen molar-refractivity contribution in [2.45, 2.75) is 58.9 Å². The second kappa shape index (κ2) is 7.50. The molecule has 0 bridgehead atoms. The first kappa shape index (κ1) is 14.2. The molecule has 1 aromatic carbocycles. The molecule has 0 saturated carbocycles. The fourth-order valence-corrected chi connectivity index (χ4v) is 2.46. The molecule has 0 aliphatic carbocycles. The molecule has 1 rings (SSSR count). The first-order valence-corrected chi connectivity index (χ1v) is 6.90. The van der Waals surface area contributed by atoms with Crippen LogP contribution in [-0.4, -0.2) is 13.1 Å². The number of hydrogen-bond acceptors (Lipinski definition) is 1. The molecular formula is C16H27N. The van der Waals surface area contributed by atoms with E-state index in [1.807, 2.05) is 0 Å². The van der Waals surface area contributed by atoms with Crippen LogP contribution >= 0.6 is 0 Å². The molecule has 0 amide bonds. The number of aryl methyl sites for hydroxylation is 2. The number of rotatable bonds is 7.